The van der Waals surface area contributed by atoms with Crippen LogP contribution >= 0.6 is 11.3 Å². The number of rotatable bonds is 4. The maximum atomic E-state index is 12.3. The highest BCUT2D eigenvalue weighted by Crippen LogP contribution is 2.29. The molecule has 1 aromatic heterocycles. The third kappa shape index (κ3) is 3.10. The van der Waals surface area contributed by atoms with Gasteiger partial charge in [-0.15, -0.1) is 11.3 Å². The van der Waals surface area contributed by atoms with E-state index in [1.807, 2.05) is 6.07 Å². The number of carbonyl (C=O) groups excluding carboxylic acids is 1. The van der Waals surface area contributed by atoms with Gasteiger partial charge in [0.1, 0.15) is 0 Å². The molecule has 0 radical (unpaired) electrons. The van der Waals surface area contributed by atoms with E-state index < -0.39 is 0 Å². The molecule has 0 atom stereocenters. The Bertz CT molecular complexity index is 483. The number of hydrogen-bond donors (Lipinski definition) is 2. The van der Waals surface area contributed by atoms with Crippen molar-refractivity contribution in [1.29, 1.82) is 0 Å². The second-order valence-corrected chi connectivity index (χ2v) is 5.21. The molecule has 5 heteroatoms. The first-order chi connectivity index (χ1) is 8.76. The second-order valence-electron chi connectivity index (χ2n) is 4.12. The molecule has 3 N–H and O–H groups in total. The summed E-state index contributed by atoms with van der Waals surface area (Å²) in [5, 5.41) is 9.00. The molecule has 1 aliphatic rings. The maximum absolute atomic E-state index is 12.3. The number of aliphatic hydroxyl groups excluding tert-OH is 1. The summed E-state index contributed by atoms with van der Waals surface area (Å²) < 4.78 is 0. The van der Waals surface area contributed by atoms with Crippen molar-refractivity contribution < 1.29 is 9.90 Å². The summed E-state index contributed by atoms with van der Waals surface area (Å²) in [5.41, 5.74) is 5.31. The van der Waals surface area contributed by atoms with Crippen molar-refractivity contribution >= 4 is 17.2 Å². The predicted octanol–water partition coefficient (Wildman–Crippen LogP) is 0.655. The highest BCUT2D eigenvalue weighted by atomic mass is 32.1. The first-order valence-electron chi connectivity index (χ1n) is 5.97. The number of aliphatic hydroxyl groups is 1. The van der Waals surface area contributed by atoms with E-state index in [9.17, 15) is 4.79 Å². The van der Waals surface area contributed by atoms with Crippen molar-refractivity contribution in [3.05, 3.63) is 21.9 Å². The van der Waals surface area contributed by atoms with Crippen LogP contribution in [0.1, 0.15) is 27.4 Å². The van der Waals surface area contributed by atoms with Crippen molar-refractivity contribution in [3.8, 4) is 11.8 Å². The zero-order chi connectivity index (χ0) is 13.0. The third-order valence-electron chi connectivity index (χ3n) is 2.72. The van der Waals surface area contributed by atoms with Crippen molar-refractivity contribution in [3.63, 3.8) is 0 Å². The zero-order valence-corrected chi connectivity index (χ0v) is 10.9. The summed E-state index contributed by atoms with van der Waals surface area (Å²) in [6, 6.07) is 3.94. The van der Waals surface area contributed by atoms with Gasteiger partial charge < -0.3 is 15.7 Å². The van der Waals surface area contributed by atoms with Crippen molar-refractivity contribution in [1.82, 2.24) is 4.90 Å². The van der Waals surface area contributed by atoms with Gasteiger partial charge in [0.05, 0.1) is 22.9 Å². The van der Waals surface area contributed by atoms with Gasteiger partial charge in [-0.2, -0.15) is 0 Å². The van der Waals surface area contributed by atoms with Crippen LogP contribution in [0.5, 0.6) is 0 Å². The SMILES string of the molecule is NCC#Cc1ccc(C(=O)N(CCO)C2CC2)s1. The van der Waals surface area contributed by atoms with Crippen LogP contribution in [0, 0.1) is 11.8 Å². The fourth-order valence-corrected chi connectivity index (χ4v) is 2.58. The Hall–Kier alpha value is -1.35. The van der Waals surface area contributed by atoms with Gasteiger partial charge in [0.2, 0.25) is 0 Å². The summed E-state index contributed by atoms with van der Waals surface area (Å²) in [7, 11) is 0. The maximum Gasteiger partial charge on any atom is 0.264 e. The largest absolute Gasteiger partial charge is 0.395 e. The minimum absolute atomic E-state index is 0.00246. The molecule has 1 aliphatic carbocycles. The minimum Gasteiger partial charge on any atom is -0.395 e. The lowest BCUT2D eigenvalue weighted by molar-refractivity contribution is 0.0712. The molecule has 1 amide bonds. The molecular formula is C13H16N2O2S. The monoisotopic (exact) mass is 264 g/mol. The van der Waals surface area contributed by atoms with Crippen LogP contribution in [0.3, 0.4) is 0 Å². The first-order valence-corrected chi connectivity index (χ1v) is 6.78. The molecule has 18 heavy (non-hydrogen) atoms. The number of hydrogen-bond acceptors (Lipinski definition) is 4. The molecule has 0 spiro atoms. The third-order valence-corrected chi connectivity index (χ3v) is 3.71. The summed E-state index contributed by atoms with van der Waals surface area (Å²) >= 11 is 1.38. The zero-order valence-electron chi connectivity index (χ0n) is 10.1. The van der Waals surface area contributed by atoms with Crippen LogP contribution in [-0.2, 0) is 0 Å². The van der Waals surface area contributed by atoms with Crippen LogP contribution in [0.4, 0.5) is 0 Å². The Labute approximate surface area is 110 Å². The number of nitrogens with two attached hydrogens (primary N) is 1. The van der Waals surface area contributed by atoms with Gasteiger partial charge in [0.25, 0.3) is 5.91 Å². The highest BCUT2D eigenvalue weighted by Gasteiger charge is 2.33. The molecule has 1 saturated carbocycles. The van der Waals surface area contributed by atoms with Gasteiger partial charge in [-0.05, 0) is 25.0 Å². The van der Waals surface area contributed by atoms with Crippen LogP contribution in [0.2, 0.25) is 0 Å². The molecule has 1 aromatic rings. The Morgan fingerprint density at radius 3 is 2.94 bits per heavy atom. The quantitative estimate of drug-likeness (QED) is 0.785. The molecule has 0 aromatic carbocycles. The van der Waals surface area contributed by atoms with Gasteiger partial charge in [0.15, 0.2) is 0 Å². The van der Waals surface area contributed by atoms with E-state index in [2.05, 4.69) is 11.8 Å². The van der Waals surface area contributed by atoms with Gasteiger partial charge in [-0.1, -0.05) is 11.8 Å². The fraction of sp³-hybridized carbons (Fsp3) is 0.462. The number of carbonyl (C=O) groups is 1. The van der Waals surface area contributed by atoms with Gasteiger partial charge in [-0.25, -0.2) is 0 Å². The van der Waals surface area contributed by atoms with E-state index in [1.54, 1.807) is 11.0 Å². The number of thiophene rings is 1. The number of nitrogens with zero attached hydrogens (tertiary/aromatic N) is 1. The Morgan fingerprint density at radius 1 is 1.56 bits per heavy atom. The average molecular weight is 264 g/mol. The van der Waals surface area contributed by atoms with E-state index in [1.165, 1.54) is 11.3 Å². The van der Waals surface area contributed by atoms with Crippen molar-refractivity contribution in [2.24, 2.45) is 5.73 Å². The van der Waals surface area contributed by atoms with Crippen molar-refractivity contribution in [2.45, 2.75) is 18.9 Å². The lowest BCUT2D eigenvalue weighted by Crippen LogP contribution is -2.34. The van der Waals surface area contributed by atoms with E-state index >= 15 is 0 Å². The Kier molecular flexibility index (Phi) is 4.37. The summed E-state index contributed by atoms with van der Waals surface area (Å²) in [4.78, 5) is 15.5. The molecule has 2 rings (SSSR count). The standard InChI is InChI=1S/C13H16N2O2S/c14-7-1-2-11-5-6-12(18-11)13(17)15(8-9-16)10-3-4-10/h5-6,10,16H,3-4,7-9,14H2. The van der Waals surface area contributed by atoms with Gasteiger partial charge in [0, 0.05) is 12.6 Å². The van der Waals surface area contributed by atoms with Crippen LogP contribution in [0.15, 0.2) is 12.1 Å². The molecule has 0 aliphatic heterocycles. The normalized spacial score (nSPS) is 13.9. The molecule has 0 unspecified atom stereocenters. The van der Waals surface area contributed by atoms with Gasteiger partial charge >= 0.3 is 0 Å². The molecular weight excluding hydrogens is 248 g/mol. The molecule has 4 nitrogen and oxygen atoms in total. The fourth-order valence-electron chi connectivity index (χ4n) is 1.74. The molecule has 1 heterocycles. The van der Waals surface area contributed by atoms with Gasteiger partial charge in [-0.3, -0.25) is 4.79 Å². The van der Waals surface area contributed by atoms with Crippen molar-refractivity contribution in [2.75, 3.05) is 19.7 Å². The van der Waals surface area contributed by atoms with E-state index in [0.717, 1.165) is 17.7 Å². The number of amides is 1. The first kappa shape index (κ1) is 13.1. The van der Waals surface area contributed by atoms with E-state index in [-0.39, 0.29) is 12.5 Å². The smallest absolute Gasteiger partial charge is 0.264 e. The second kappa shape index (κ2) is 6.01. The average Bonchev–Trinajstić information content (AvgIpc) is 3.11. The Morgan fingerprint density at radius 2 is 2.33 bits per heavy atom. The molecule has 96 valence electrons. The summed E-state index contributed by atoms with van der Waals surface area (Å²) in [6.07, 6.45) is 2.08. The predicted molar refractivity (Wildman–Crippen MR) is 71.4 cm³/mol. The molecule has 0 bridgehead atoms. The molecule has 0 saturated heterocycles. The van der Waals surface area contributed by atoms with E-state index in [0.29, 0.717) is 24.0 Å². The summed E-state index contributed by atoms with van der Waals surface area (Å²) in [6.45, 7) is 0.735. The topological polar surface area (TPSA) is 66.6 Å². The Balaban J connectivity index is 2.09. The van der Waals surface area contributed by atoms with Crippen LogP contribution < -0.4 is 5.73 Å². The lowest BCUT2D eigenvalue weighted by atomic mass is 10.3. The van der Waals surface area contributed by atoms with Crippen LogP contribution in [0.25, 0.3) is 0 Å². The lowest BCUT2D eigenvalue weighted by Gasteiger charge is -2.20. The van der Waals surface area contributed by atoms with E-state index in [4.69, 9.17) is 10.8 Å². The minimum atomic E-state index is -0.00246. The highest BCUT2D eigenvalue weighted by molar-refractivity contribution is 7.14. The van der Waals surface area contributed by atoms with Crippen LogP contribution in [-0.4, -0.2) is 41.7 Å². The summed E-state index contributed by atoms with van der Waals surface area (Å²) in [5.74, 6) is 5.69. The molecule has 1 fully saturated rings.